The predicted octanol–water partition coefficient (Wildman–Crippen LogP) is 2.09. The summed E-state index contributed by atoms with van der Waals surface area (Å²) in [6.45, 7) is 8.52. The Morgan fingerprint density at radius 1 is 1.00 bits per heavy atom. The van der Waals surface area contributed by atoms with Crippen LogP contribution < -0.4 is 4.72 Å². The lowest BCUT2D eigenvalue weighted by Crippen LogP contribution is -2.52. The molecule has 1 unspecified atom stereocenters. The second-order valence-corrected chi connectivity index (χ2v) is 12.7. The van der Waals surface area contributed by atoms with Gasteiger partial charge in [-0.05, 0) is 64.0 Å². The van der Waals surface area contributed by atoms with Gasteiger partial charge in [-0.15, -0.1) is 0 Å². The van der Waals surface area contributed by atoms with Gasteiger partial charge in [0.05, 0.1) is 10.6 Å². The molecule has 0 radical (unpaired) electrons. The first-order valence-corrected chi connectivity index (χ1v) is 14.4. The Morgan fingerprint density at radius 2 is 1.59 bits per heavy atom. The van der Waals surface area contributed by atoms with Crippen LogP contribution >= 0.6 is 0 Å². The molecule has 1 aromatic rings. The number of benzene rings is 1. The lowest BCUT2D eigenvalue weighted by molar-refractivity contribution is -0.135. The summed E-state index contributed by atoms with van der Waals surface area (Å²) in [6.07, 6.45) is 2.77. The minimum absolute atomic E-state index is 0.0961. The SMILES string of the molecule is CCCS(=O)(=O)NC1CCN(C(=O)C2CCCN2S(=O)(=O)c2c(C)cc(C)cc2C)CC1. The van der Waals surface area contributed by atoms with E-state index in [1.165, 1.54) is 4.31 Å². The second kappa shape index (κ2) is 9.79. The summed E-state index contributed by atoms with van der Waals surface area (Å²) in [5.74, 6) is -0.0813. The number of nitrogens with one attached hydrogen (secondary N) is 1. The van der Waals surface area contributed by atoms with Crippen molar-refractivity contribution in [1.29, 1.82) is 0 Å². The fraction of sp³-hybridized carbons (Fsp3) is 0.682. The van der Waals surface area contributed by atoms with E-state index < -0.39 is 26.1 Å². The Labute approximate surface area is 192 Å². The minimum atomic E-state index is -3.80. The molecule has 3 rings (SSSR count). The van der Waals surface area contributed by atoms with E-state index in [-0.39, 0.29) is 17.7 Å². The van der Waals surface area contributed by atoms with Crippen molar-refractivity contribution in [2.75, 3.05) is 25.4 Å². The van der Waals surface area contributed by atoms with Crippen molar-refractivity contribution in [3.8, 4) is 0 Å². The highest BCUT2D eigenvalue weighted by molar-refractivity contribution is 7.89. The average Bonchev–Trinajstić information content (AvgIpc) is 3.17. The number of rotatable bonds is 7. The van der Waals surface area contributed by atoms with Crippen LogP contribution in [0, 0.1) is 20.8 Å². The molecular formula is C22H35N3O5S2. The average molecular weight is 486 g/mol. The van der Waals surface area contributed by atoms with E-state index in [9.17, 15) is 21.6 Å². The van der Waals surface area contributed by atoms with Gasteiger partial charge in [-0.2, -0.15) is 4.31 Å². The maximum absolute atomic E-state index is 13.5. The van der Waals surface area contributed by atoms with Crippen molar-refractivity contribution in [1.82, 2.24) is 13.9 Å². The van der Waals surface area contributed by atoms with Crippen molar-refractivity contribution >= 4 is 26.0 Å². The Bertz CT molecular complexity index is 1040. The van der Waals surface area contributed by atoms with Crippen LogP contribution in [0.25, 0.3) is 0 Å². The number of aryl methyl sites for hydroxylation is 3. The van der Waals surface area contributed by atoms with Crippen LogP contribution in [0.3, 0.4) is 0 Å². The van der Waals surface area contributed by atoms with E-state index in [4.69, 9.17) is 0 Å². The number of sulfonamides is 2. The van der Waals surface area contributed by atoms with Gasteiger partial charge in [0.1, 0.15) is 6.04 Å². The van der Waals surface area contributed by atoms with Crippen LogP contribution in [0.15, 0.2) is 17.0 Å². The molecule has 8 nitrogen and oxygen atoms in total. The van der Waals surface area contributed by atoms with Gasteiger partial charge in [0.15, 0.2) is 0 Å². The molecule has 2 saturated heterocycles. The summed E-state index contributed by atoms with van der Waals surface area (Å²) in [4.78, 5) is 15.3. The summed E-state index contributed by atoms with van der Waals surface area (Å²) in [5, 5.41) is 0. The van der Waals surface area contributed by atoms with Crippen molar-refractivity contribution in [2.24, 2.45) is 0 Å². The maximum Gasteiger partial charge on any atom is 0.244 e. The molecule has 1 atom stereocenters. The van der Waals surface area contributed by atoms with E-state index in [0.29, 0.717) is 67.8 Å². The molecule has 0 aromatic heterocycles. The molecule has 32 heavy (non-hydrogen) atoms. The lowest BCUT2D eigenvalue weighted by atomic mass is 10.0. The Morgan fingerprint density at radius 3 is 2.16 bits per heavy atom. The standard InChI is InChI=1S/C22H35N3O5S2/c1-5-13-31(27,28)23-19-8-11-24(12-9-19)22(26)20-7-6-10-25(20)32(29,30)21-17(3)14-16(2)15-18(21)4/h14-15,19-20,23H,5-13H2,1-4H3. The van der Waals surface area contributed by atoms with Crippen LogP contribution in [0.5, 0.6) is 0 Å². The zero-order valence-corrected chi connectivity index (χ0v) is 21.1. The highest BCUT2D eigenvalue weighted by atomic mass is 32.2. The quantitative estimate of drug-likeness (QED) is 0.637. The number of amides is 1. The zero-order chi connectivity index (χ0) is 23.7. The van der Waals surface area contributed by atoms with Gasteiger partial charge < -0.3 is 4.90 Å². The third-order valence-electron chi connectivity index (χ3n) is 6.29. The van der Waals surface area contributed by atoms with Crippen molar-refractivity contribution in [2.45, 2.75) is 76.8 Å². The Balaban J connectivity index is 1.72. The smallest absolute Gasteiger partial charge is 0.244 e. The van der Waals surface area contributed by atoms with Gasteiger partial charge in [0.2, 0.25) is 26.0 Å². The van der Waals surface area contributed by atoms with Crippen LogP contribution in [0.2, 0.25) is 0 Å². The monoisotopic (exact) mass is 485 g/mol. The normalized spacial score (nSPS) is 21.2. The summed E-state index contributed by atoms with van der Waals surface area (Å²) >= 11 is 0. The van der Waals surface area contributed by atoms with Crippen molar-refractivity contribution < 1.29 is 21.6 Å². The second-order valence-electron chi connectivity index (χ2n) is 9.04. The molecule has 1 N–H and O–H groups in total. The fourth-order valence-corrected chi connectivity index (χ4v) is 8.44. The number of carbonyl (C=O) groups excluding carboxylic acids is 1. The summed E-state index contributed by atoms with van der Waals surface area (Å²) < 4.78 is 55.2. The van der Waals surface area contributed by atoms with Gasteiger partial charge in [-0.3, -0.25) is 4.79 Å². The zero-order valence-electron chi connectivity index (χ0n) is 19.4. The molecular weight excluding hydrogens is 450 g/mol. The van der Waals surface area contributed by atoms with Crippen LogP contribution in [-0.2, 0) is 24.8 Å². The molecule has 2 aliphatic rings. The number of hydrogen-bond donors (Lipinski definition) is 1. The molecule has 1 aromatic carbocycles. The third-order valence-corrected chi connectivity index (χ3v) is 10.1. The molecule has 0 saturated carbocycles. The minimum Gasteiger partial charge on any atom is -0.341 e. The van der Waals surface area contributed by atoms with E-state index in [1.54, 1.807) is 18.7 Å². The van der Waals surface area contributed by atoms with Crippen molar-refractivity contribution in [3.63, 3.8) is 0 Å². The van der Waals surface area contributed by atoms with E-state index in [2.05, 4.69) is 4.72 Å². The lowest BCUT2D eigenvalue weighted by Gasteiger charge is -2.35. The predicted molar refractivity (Wildman–Crippen MR) is 124 cm³/mol. The largest absolute Gasteiger partial charge is 0.341 e. The van der Waals surface area contributed by atoms with Crippen LogP contribution in [0.1, 0.15) is 55.7 Å². The summed E-state index contributed by atoms with van der Waals surface area (Å²) in [5.41, 5.74) is 2.40. The summed E-state index contributed by atoms with van der Waals surface area (Å²) in [6, 6.07) is 2.83. The number of carbonyl (C=O) groups is 1. The van der Waals surface area contributed by atoms with Crippen molar-refractivity contribution in [3.05, 3.63) is 28.8 Å². The highest BCUT2D eigenvalue weighted by Gasteiger charge is 2.42. The maximum atomic E-state index is 13.5. The molecule has 0 bridgehead atoms. The Hall–Kier alpha value is -1.49. The molecule has 0 aliphatic carbocycles. The molecule has 180 valence electrons. The highest BCUT2D eigenvalue weighted by Crippen LogP contribution is 2.32. The first-order chi connectivity index (χ1) is 15.0. The van der Waals surface area contributed by atoms with Gasteiger partial charge in [0, 0.05) is 25.7 Å². The molecule has 2 heterocycles. The Kier molecular flexibility index (Phi) is 7.69. The van der Waals surface area contributed by atoms with Gasteiger partial charge in [0.25, 0.3) is 0 Å². The van der Waals surface area contributed by atoms with Gasteiger partial charge in [-0.1, -0.05) is 24.6 Å². The van der Waals surface area contributed by atoms with E-state index in [0.717, 1.165) is 5.56 Å². The molecule has 2 fully saturated rings. The molecule has 1 amide bonds. The van der Waals surface area contributed by atoms with Gasteiger partial charge in [-0.25, -0.2) is 21.6 Å². The topological polar surface area (TPSA) is 104 Å². The first-order valence-electron chi connectivity index (χ1n) is 11.3. The molecule has 10 heteroatoms. The van der Waals surface area contributed by atoms with Crippen LogP contribution in [0.4, 0.5) is 0 Å². The molecule has 0 spiro atoms. The number of likely N-dealkylation sites (tertiary alicyclic amines) is 1. The van der Waals surface area contributed by atoms with Crippen LogP contribution in [-0.4, -0.2) is 69.4 Å². The number of hydrogen-bond acceptors (Lipinski definition) is 5. The fourth-order valence-electron chi connectivity index (χ4n) is 4.98. The summed E-state index contributed by atoms with van der Waals surface area (Å²) in [7, 11) is -7.09. The number of nitrogens with zero attached hydrogens (tertiary/aromatic N) is 2. The van der Waals surface area contributed by atoms with Gasteiger partial charge >= 0.3 is 0 Å². The number of piperidine rings is 1. The third kappa shape index (κ3) is 5.35. The first kappa shape index (κ1) is 25.1. The van der Waals surface area contributed by atoms with E-state index >= 15 is 0 Å². The molecule has 2 aliphatic heterocycles. The van der Waals surface area contributed by atoms with E-state index in [1.807, 2.05) is 26.0 Å².